The monoisotopic (exact) mass is 194 g/mol. The summed E-state index contributed by atoms with van der Waals surface area (Å²) in [5, 5.41) is 3.27. The van der Waals surface area contributed by atoms with Gasteiger partial charge < -0.3 is 15.8 Å². The Hall–Kier alpha value is -1.20. The Bertz CT molecular complexity index is 299. The van der Waals surface area contributed by atoms with Crippen molar-refractivity contribution in [3.63, 3.8) is 0 Å². The van der Waals surface area contributed by atoms with E-state index in [4.69, 9.17) is 10.5 Å². The van der Waals surface area contributed by atoms with Gasteiger partial charge in [-0.25, -0.2) is 9.97 Å². The molecule has 2 heterocycles. The van der Waals surface area contributed by atoms with E-state index in [9.17, 15) is 0 Å². The average molecular weight is 194 g/mol. The summed E-state index contributed by atoms with van der Waals surface area (Å²) in [6, 6.07) is 1.87. The highest BCUT2D eigenvalue weighted by molar-refractivity contribution is 5.17. The SMILES string of the molecule is Nc1nccc(CC2CNCCO2)n1. The zero-order chi connectivity index (χ0) is 9.80. The summed E-state index contributed by atoms with van der Waals surface area (Å²) < 4.78 is 5.56. The lowest BCUT2D eigenvalue weighted by Gasteiger charge is -2.23. The van der Waals surface area contributed by atoms with E-state index in [0.29, 0.717) is 5.95 Å². The van der Waals surface area contributed by atoms with Crippen LogP contribution in [0.15, 0.2) is 12.3 Å². The zero-order valence-corrected chi connectivity index (χ0v) is 7.94. The fourth-order valence-electron chi connectivity index (χ4n) is 1.51. The molecule has 0 bridgehead atoms. The van der Waals surface area contributed by atoms with Gasteiger partial charge in [0.05, 0.1) is 12.7 Å². The highest BCUT2D eigenvalue weighted by atomic mass is 16.5. The first kappa shape index (κ1) is 9.36. The minimum absolute atomic E-state index is 0.207. The topological polar surface area (TPSA) is 73.1 Å². The van der Waals surface area contributed by atoms with Crippen LogP contribution in [0.1, 0.15) is 5.69 Å². The molecule has 0 radical (unpaired) electrons. The van der Waals surface area contributed by atoms with Crippen molar-refractivity contribution in [1.82, 2.24) is 15.3 Å². The number of nitrogens with one attached hydrogen (secondary N) is 1. The Morgan fingerprint density at radius 3 is 3.29 bits per heavy atom. The van der Waals surface area contributed by atoms with Crippen molar-refractivity contribution in [2.45, 2.75) is 12.5 Å². The third kappa shape index (κ3) is 2.40. The van der Waals surface area contributed by atoms with Gasteiger partial charge in [-0.1, -0.05) is 0 Å². The number of nitrogens with two attached hydrogens (primary N) is 1. The molecule has 3 N–H and O–H groups in total. The van der Waals surface area contributed by atoms with E-state index in [1.807, 2.05) is 6.07 Å². The number of hydrogen-bond acceptors (Lipinski definition) is 5. The molecule has 0 saturated carbocycles. The Morgan fingerprint density at radius 2 is 2.57 bits per heavy atom. The zero-order valence-electron chi connectivity index (χ0n) is 7.94. The summed E-state index contributed by atoms with van der Waals surface area (Å²) in [4.78, 5) is 7.97. The van der Waals surface area contributed by atoms with Crippen molar-refractivity contribution in [1.29, 1.82) is 0 Å². The first-order valence-corrected chi connectivity index (χ1v) is 4.74. The van der Waals surface area contributed by atoms with Gasteiger partial charge in [-0.15, -0.1) is 0 Å². The van der Waals surface area contributed by atoms with Crippen LogP contribution in [0.25, 0.3) is 0 Å². The second-order valence-electron chi connectivity index (χ2n) is 3.31. The molecule has 76 valence electrons. The van der Waals surface area contributed by atoms with Crippen molar-refractivity contribution in [2.75, 3.05) is 25.4 Å². The standard InChI is InChI=1S/C9H14N4O/c10-9-12-2-1-7(13-9)5-8-6-11-3-4-14-8/h1-2,8,11H,3-6H2,(H2,10,12,13). The molecule has 14 heavy (non-hydrogen) atoms. The van der Waals surface area contributed by atoms with Gasteiger partial charge in [0.25, 0.3) is 0 Å². The maximum Gasteiger partial charge on any atom is 0.220 e. The Morgan fingerprint density at radius 1 is 1.64 bits per heavy atom. The minimum atomic E-state index is 0.207. The van der Waals surface area contributed by atoms with E-state index in [2.05, 4.69) is 15.3 Å². The van der Waals surface area contributed by atoms with Crippen LogP contribution in [-0.4, -0.2) is 35.8 Å². The molecule has 5 nitrogen and oxygen atoms in total. The van der Waals surface area contributed by atoms with Gasteiger partial charge in [0, 0.05) is 31.4 Å². The van der Waals surface area contributed by atoms with E-state index >= 15 is 0 Å². The third-order valence-corrected chi connectivity index (χ3v) is 2.17. The molecule has 1 unspecified atom stereocenters. The number of hydrogen-bond donors (Lipinski definition) is 2. The molecule has 0 amide bonds. The van der Waals surface area contributed by atoms with Crippen molar-refractivity contribution >= 4 is 5.95 Å². The van der Waals surface area contributed by atoms with Crippen molar-refractivity contribution in [3.8, 4) is 0 Å². The average Bonchev–Trinajstić information content (AvgIpc) is 2.19. The summed E-state index contributed by atoms with van der Waals surface area (Å²) in [6.45, 7) is 2.58. The van der Waals surface area contributed by atoms with Crippen LogP contribution < -0.4 is 11.1 Å². The number of morpholine rings is 1. The number of nitrogens with zero attached hydrogens (tertiary/aromatic N) is 2. The number of anilines is 1. The molecular formula is C9H14N4O. The first-order valence-electron chi connectivity index (χ1n) is 4.74. The molecule has 1 aliphatic rings. The highest BCUT2D eigenvalue weighted by Gasteiger charge is 2.14. The van der Waals surface area contributed by atoms with Gasteiger partial charge in [0.15, 0.2) is 0 Å². The maximum atomic E-state index is 5.56. The number of ether oxygens (including phenoxy) is 1. The summed E-state index contributed by atoms with van der Waals surface area (Å²) in [5.41, 5.74) is 6.42. The predicted molar refractivity (Wildman–Crippen MR) is 52.8 cm³/mol. The normalized spacial score (nSPS) is 22.1. The molecule has 1 fully saturated rings. The number of aromatic nitrogens is 2. The van der Waals surface area contributed by atoms with E-state index < -0.39 is 0 Å². The predicted octanol–water partition coefficient (Wildman–Crippen LogP) is -0.410. The van der Waals surface area contributed by atoms with Gasteiger partial charge in [-0.3, -0.25) is 0 Å². The van der Waals surface area contributed by atoms with E-state index in [1.54, 1.807) is 6.20 Å². The number of nitrogen functional groups attached to an aromatic ring is 1. The van der Waals surface area contributed by atoms with Gasteiger partial charge >= 0.3 is 0 Å². The molecule has 1 aromatic rings. The van der Waals surface area contributed by atoms with Gasteiger partial charge in [0.2, 0.25) is 5.95 Å². The molecule has 1 aromatic heterocycles. The van der Waals surface area contributed by atoms with Gasteiger partial charge in [0.1, 0.15) is 0 Å². The van der Waals surface area contributed by atoms with Gasteiger partial charge in [-0.05, 0) is 6.07 Å². The highest BCUT2D eigenvalue weighted by Crippen LogP contribution is 2.05. The second-order valence-corrected chi connectivity index (χ2v) is 3.31. The lowest BCUT2D eigenvalue weighted by Crippen LogP contribution is -2.39. The summed E-state index contributed by atoms with van der Waals surface area (Å²) in [7, 11) is 0. The summed E-state index contributed by atoms with van der Waals surface area (Å²) >= 11 is 0. The quantitative estimate of drug-likeness (QED) is 0.669. The van der Waals surface area contributed by atoms with Crippen LogP contribution in [0.5, 0.6) is 0 Å². The van der Waals surface area contributed by atoms with Crippen molar-refractivity contribution < 1.29 is 4.74 Å². The lowest BCUT2D eigenvalue weighted by atomic mass is 10.2. The van der Waals surface area contributed by atoms with Gasteiger partial charge in [-0.2, -0.15) is 0 Å². The molecule has 0 spiro atoms. The first-order chi connectivity index (χ1) is 6.84. The van der Waals surface area contributed by atoms with Crippen LogP contribution in [0.2, 0.25) is 0 Å². The smallest absolute Gasteiger partial charge is 0.220 e. The van der Waals surface area contributed by atoms with Crippen LogP contribution >= 0.6 is 0 Å². The Labute approximate surface area is 82.7 Å². The van der Waals surface area contributed by atoms with Crippen molar-refractivity contribution in [3.05, 3.63) is 18.0 Å². The lowest BCUT2D eigenvalue weighted by molar-refractivity contribution is 0.0287. The van der Waals surface area contributed by atoms with Crippen LogP contribution in [0, 0.1) is 0 Å². The van der Waals surface area contributed by atoms with Crippen molar-refractivity contribution in [2.24, 2.45) is 0 Å². The summed E-state index contributed by atoms with van der Waals surface area (Å²) in [5.74, 6) is 0.325. The fourth-order valence-corrected chi connectivity index (χ4v) is 1.51. The molecule has 1 aliphatic heterocycles. The molecule has 1 atom stereocenters. The summed E-state index contributed by atoms with van der Waals surface area (Å²) in [6.07, 6.45) is 2.67. The van der Waals surface area contributed by atoms with E-state index in [-0.39, 0.29) is 6.10 Å². The Kier molecular flexibility index (Phi) is 2.90. The van der Waals surface area contributed by atoms with E-state index in [0.717, 1.165) is 31.8 Å². The largest absolute Gasteiger partial charge is 0.375 e. The Balaban J connectivity index is 1.95. The maximum absolute atomic E-state index is 5.56. The van der Waals surface area contributed by atoms with Crippen LogP contribution in [0.3, 0.4) is 0 Å². The van der Waals surface area contributed by atoms with Crippen LogP contribution in [0.4, 0.5) is 5.95 Å². The molecule has 0 aromatic carbocycles. The van der Waals surface area contributed by atoms with E-state index in [1.165, 1.54) is 0 Å². The minimum Gasteiger partial charge on any atom is -0.375 e. The number of rotatable bonds is 2. The van der Waals surface area contributed by atoms with Crippen LogP contribution in [-0.2, 0) is 11.2 Å². The molecule has 1 saturated heterocycles. The third-order valence-electron chi connectivity index (χ3n) is 2.17. The fraction of sp³-hybridized carbons (Fsp3) is 0.556. The molecule has 0 aliphatic carbocycles. The molecular weight excluding hydrogens is 180 g/mol. The molecule has 2 rings (SSSR count). The second kappa shape index (κ2) is 4.34. The molecule has 5 heteroatoms.